The minimum Gasteiger partial charge on any atom is -0.321 e. The van der Waals surface area contributed by atoms with Gasteiger partial charge in [-0.2, -0.15) is 5.48 Å². The van der Waals surface area contributed by atoms with Crippen LogP contribution >= 0.6 is 0 Å². The smallest absolute Gasteiger partial charge is 0.321 e. The van der Waals surface area contributed by atoms with Crippen LogP contribution in [0.15, 0.2) is 54.6 Å². The Kier molecular flexibility index (Phi) is 4.34. The number of benzene rings is 2. The maximum atomic E-state index is 11.6. The van der Waals surface area contributed by atoms with E-state index in [2.05, 4.69) is 15.6 Å². The van der Waals surface area contributed by atoms with Crippen LogP contribution in [-0.4, -0.2) is 12.0 Å². The second-order valence-electron chi connectivity index (χ2n) is 4.18. The first kappa shape index (κ1) is 13.6. The fourth-order valence-electron chi connectivity index (χ4n) is 1.52. The Morgan fingerprint density at radius 3 is 2.25 bits per heavy atom. The van der Waals surface area contributed by atoms with E-state index < -0.39 is 12.0 Å². The number of hydrogen-bond donors (Lipinski definition) is 2. The van der Waals surface area contributed by atoms with E-state index in [0.29, 0.717) is 11.3 Å². The molecule has 2 amide bonds. The number of rotatable bonds is 2. The molecule has 0 saturated heterocycles. The van der Waals surface area contributed by atoms with Gasteiger partial charge >= 0.3 is 6.09 Å². The van der Waals surface area contributed by atoms with E-state index in [-0.39, 0.29) is 0 Å². The maximum Gasteiger partial charge on any atom is 0.436 e. The fraction of sp³-hybridized carbons (Fsp3) is 0.0667. The van der Waals surface area contributed by atoms with E-state index in [4.69, 9.17) is 0 Å². The Bertz CT molecular complexity index is 594. The zero-order chi connectivity index (χ0) is 14.4. The van der Waals surface area contributed by atoms with Crippen LogP contribution in [0.4, 0.5) is 10.5 Å². The van der Waals surface area contributed by atoms with E-state index >= 15 is 0 Å². The summed E-state index contributed by atoms with van der Waals surface area (Å²) in [4.78, 5) is 27.8. The van der Waals surface area contributed by atoms with Gasteiger partial charge in [0, 0.05) is 11.3 Å². The van der Waals surface area contributed by atoms with Crippen LogP contribution in [0, 0.1) is 6.92 Å². The van der Waals surface area contributed by atoms with Crippen molar-refractivity contribution < 1.29 is 14.4 Å². The van der Waals surface area contributed by atoms with Crippen LogP contribution in [0.2, 0.25) is 0 Å². The third-order valence-corrected chi connectivity index (χ3v) is 2.57. The molecule has 2 aromatic rings. The molecule has 0 aromatic heterocycles. The first-order chi connectivity index (χ1) is 9.65. The Labute approximate surface area is 116 Å². The lowest BCUT2D eigenvalue weighted by Gasteiger charge is -2.07. The molecule has 0 heterocycles. The average Bonchev–Trinajstić information content (AvgIpc) is 2.48. The molecule has 5 heteroatoms. The monoisotopic (exact) mass is 270 g/mol. The minimum absolute atomic E-state index is 0.413. The molecule has 20 heavy (non-hydrogen) atoms. The van der Waals surface area contributed by atoms with Gasteiger partial charge < -0.3 is 4.84 Å². The summed E-state index contributed by atoms with van der Waals surface area (Å²) in [6, 6.07) is 15.7. The molecular formula is C15H14N2O3. The topological polar surface area (TPSA) is 67.4 Å². The molecular weight excluding hydrogens is 256 g/mol. The molecule has 2 aromatic carbocycles. The molecule has 0 aliphatic heterocycles. The molecule has 0 spiro atoms. The lowest BCUT2D eigenvalue weighted by atomic mass is 10.2. The van der Waals surface area contributed by atoms with Crippen molar-refractivity contribution in [2.75, 3.05) is 5.32 Å². The molecule has 2 rings (SSSR count). The first-order valence-corrected chi connectivity index (χ1v) is 6.05. The van der Waals surface area contributed by atoms with Gasteiger partial charge in [0.15, 0.2) is 0 Å². The summed E-state index contributed by atoms with van der Waals surface area (Å²) < 4.78 is 0. The molecule has 0 saturated carbocycles. The summed E-state index contributed by atoms with van der Waals surface area (Å²) >= 11 is 0. The minimum atomic E-state index is -0.752. The van der Waals surface area contributed by atoms with Gasteiger partial charge in [-0.05, 0) is 31.2 Å². The highest BCUT2D eigenvalue weighted by Crippen LogP contribution is 2.08. The Morgan fingerprint density at radius 1 is 0.950 bits per heavy atom. The Hall–Kier alpha value is -2.82. The normalized spacial score (nSPS) is 9.65. The van der Waals surface area contributed by atoms with Gasteiger partial charge in [0.25, 0.3) is 5.91 Å². The van der Waals surface area contributed by atoms with E-state index in [9.17, 15) is 9.59 Å². The largest absolute Gasteiger partial charge is 0.436 e. The number of nitrogens with one attached hydrogen (secondary N) is 2. The van der Waals surface area contributed by atoms with Crippen molar-refractivity contribution in [1.82, 2.24) is 5.48 Å². The van der Waals surface area contributed by atoms with Crippen LogP contribution in [-0.2, 0) is 4.84 Å². The number of amides is 2. The summed E-state index contributed by atoms with van der Waals surface area (Å²) in [7, 11) is 0. The van der Waals surface area contributed by atoms with Gasteiger partial charge in [0.05, 0.1) is 0 Å². The molecule has 102 valence electrons. The third kappa shape index (κ3) is 3.84. The summed E-state index contributed by atoms with van der Waals surface area (Å²) in [5, 5.41) is 2.50. The number of carbonyl (C=O) groups excluding carboxylic acids is 2. The van der Waals surface area contributed by atoms with Gasteiger partial charge in [-0.3, -0.25) is 10.1 Å². The molecule has 0 atom stereocenters. The second-order valence-corrected chi connectivity index (χ2v) is 4.18. The lowest BCUT2D eigenvalue weighted by Crippen LogP contribution is -2.29. The predicted octanol–water partition coefficient (Wildman–Crippen LogP) is 2.89. The molecule has 2 N–H and O–H groups in total. The van der Waals surface area contributed by atoms with E-state index in [1.807, 2.05) is 19.1 Å². The number of aryl methyl sites for hydroxylation is 1. The number of carbonyl (C=O) groups is 2. The highest BCUT2D eigenvalue weighted by molar-refractivity contribution is 5.94. The molecule has 0 radical (unpaired) electrons. The van der Waals surface area contributed by atoms with Crippen LogP contribution in [0.25, 0.3) is 0 Å². The quantitative estimate of drug-likeness (QED) is 0.824. The van der Waals surface area contributed by atoms with Crippen molar-refractivity contribution in [3.05, 3.63) is 65.7 Å². The molecule has 0 fully saturated rings. The second kappa shape index (κ2) is 6.38. The molecule has 0 unspecified atom stereocenters. The number of anilines is 1. The lowest BCUT2D eigenvalue weighted by molar-refractivity contribution is 0.0615. The maximum absolute atomic E-state index is 11.6. The summed E-state index contributed by atoms with van der Waals surface area (Å²) in [5.41, 5.74) is 4.17. The summed E-state index contributed by atoms with van der Waals surface area (Å²) in [6.45, 7) is 1.95. The van der Waals surface area contributed by atoms with Crippen LogP contribution in [0.3, 0.4) is 0 Å². The zero-order valence-electron chi connectivity index (χ0n) is 10.9. The number of hydroxylamine groups is 1. The van der Waals surface area contributed by atoms with Gasteiger partial charge in [0.2, 0.25) is 0 Å². The van der Waals surface area contributed by atoms with Crippen molar-refractivity contribution in [2.45, 2.75) is 6.92 Å². The SMILES string of the molecule is Cc1ccc(NC(=O)ONC(=O)c2ccccc2)cc1. The van der Waals surface area contributed by atoms with Crippen molar-refractivity contribution in [3.63, 3.8) is 0 Å². The van der Waals surface area contributed by atoms with E-state index in [1.54, 1.807) is 42.5 Å². The van der Waals surface area contributed by atoms with Crippen LogP contribution in [0.1, 0.15) is 15.9 Å². The first-order valence-electron chi connectivity index (χ1n) is 6.05. The van der Waals surface area contributed by atoms with Gasteiger partial charge in [-0.15, -0.1) is 0 Å². The van der Waals surface area contributed by atoms with Gasteiger partial charge in [0.1, 0.15) is 0 Å². The summed E-state index contributed by atoms with van der Waals surface area (Å²) in [6.07, 6.45) is -0.752. The Balaban J connectivity index is 1.83. The van der Waals surface area contributed by atoms with Crippen molar-refractivity contribution in [1.29, 1.82) is 0 Å². The number of hydrogen-bond acceptors (Lipinski definition) is 3. The molecule has 5 nitrogen and oxygen atoms in total. The van der Waals surface area contributed by atoms with Crippen molar-refractivity contribution >= 4 is 17.7 Å². The summed E-state index contributed by atoms with van der Waals surface area (Å²) in [5.74, 6) is -0.482. The van der Waals surface area contributed by atoms with Crippen LogP contribution < -0.4 is 10.8 Å². The fourth-order valence-corrected chi connectivity index (χ4v) is 1.52. The zero-order valence-corrected chi connectivity index (χ0v) is 10.9. The molecule has 0 aliphatic carbocycles. The molecule has 0 aliphatic rings. The average molecular weight is 270 g/mol. The predicted molar refractivity (Wildman–Crippen MR) is 75.2 cm³/mol. The molecule has 0 bridgehead atoms. The van der Waals surface area contributed by atoms with Gasteiger partial charge in [-0.25, -0.2) is 4.79 Å². The van der Waals surface area contributed by atoms with E-state index in [1.165, 1.54) is 0 Å². The van der Waals surface area contributed by atoms with Crippen LogP contribution in [0.5, 0.6) is 0 Å². The van der Waals surface area contributed by atoms with Crippen molar-refractivity contribution in [2.24, 2.45) is 0 Å². The highest BCUT2D eigenvalue weighted by Gasteiger charge is 2.08. The Morgan fingerprint density at radius 2 is 1.60 bits per heavy atom. The van der Waals surface area contributed by atoms with E-state index in [0.717, 1.165) is 5.56 Å². The van der Waals surface area contributed by atoms with Crippen molar-refractivity contribution in [3.8, 4) is 0 Å². The third-order valence-electron chi connectivity index (χ3n) is 2.57. The highest BCUT2D eigenvalue weighted by atomic mass is 16.7. The van der Waals surface area contributed by atoms with Gasteiger partial charge in [-0.1, -0.05) is 35.9 Å². The standard InChI is InChI=1S/C15H14N2O3/c1-11-7-9-13(10-8-11)16-15(19)20-17-14(18)12-5-3-2-4-6-12/h2-10H,1H3,(H,16,19)(H,17,18).